The summed E-state index contributed by atoms with van der Waals surface area (Å²) in [5.41, 5.74) is 1.44. The maximum absolute atomic E-state index is 13.0. The quantitative estimate of drug-likeness (QED) is 0.256. The Morgan fingerprint density at radius 1 is 0.972 bits per heavy atom. The van der Waals surface area contributed by atoms with Gasteiger partial charge in [-0.25, -0.2) is 18.4 Å². The molecule has 2 heterocycles. The first-order valence-corrected chi connectivity index (χ1v) is 12.4. The van der Waals surface area contributed by atoms with Crippen molar-refractivity contribution in [2.24, 2.45) is 0 Å². The van der Waals surface area contributed by atoms with Crippen LogP contribution in [-0.4, -0.2) is 55.9 Å². The first-order chi connectivity index (χ1) is 17.4. The molecule has 0 spiro atoms. The van der Waals surface area contributed by atoms with Crippen LogP contribution in [0.2, 0.25) is 0 Å². The van der Waals surface area contributed by atoms with Crippen LogP contribution in [0.15, 0.2) is 65.8 Å². The Balaban J connectivity index is 1.81. The third-order valence-corrected chi connectivity index (χ3v) is 6.36. The molecule has 0 radical (unpaired) electrons. The fraction of sp³-hybridized carbons (Fsp3) is 0.208. The minimum absolute atomic E-state index is 0.0259. The second kappa shape index (κ2) is 11.1. The van der Waals surface area contributed by atoms with Crippen molar-refractivity contribution in [2.75, 3.05) is 37.5 Å². The lowest BCUT2D eigenvalue weighted by Gasteiger charge is -2.19. The number of ether oxygens (including phenoxy) is 3. The molecule has 0 aliphatic heterocycles. The number of benzene rings is 2. The fourth-order valence-corrected chi connectivity index (χ4v) is 4.28. The van der Waals surface area contributed by atoms with E-state index in [0.29, 0.717) is 40.4 Å². The molecule has 0 atom stereocenters. The first-order valence-electron chi connectivity index (χ1n) is 10.9. The van der Waals surface area contributed by atoms with Crippen LogP contribution >= 0.6 is 0 Å². The Labute approximate surface area is 208 Å². The van der Waals surface area contributed by atoms with Gasteiger partial charge in [0.05, 0.1) is 37.5 Å². The van der Waals surface area contributed by atoms with Crippen LogP contribution in [0.5, 0.6) is 17.2 Å². The van der Waals surface area contributed by atoms with Crippen molar-refractivity contribution in [3.63, 3.8) is 0 Å². The van der Waals surface area contributed by atoms with Crippen LogP contribution in [0.4, 0.5) is 17.3 Å². The summed E-state index contributed by atoms with van der Waals surface area (Å²) in [5, 5.41) is 12.3. The highest BCUT2D eigenvalue weighted by Gasteiger charge is 2.21. The maximum atomic E-state index is 13.0. The van der Waals surface area contributed by atoms with Crippen molar-refractivity contribution in [3.05, 3.63) is 60.9 Å². The van der Waals surface area contributed by atoms with Crippen molar-refractivity contribution in [3.8, 4) is 17.2 Å². The molecule has 12 heteroatoms. The molecular weight excluding hydrogens is 486 g/mol. The normalized spacial score (nSPS) is 11.2. The fourth-order valence-electron chi connectivity index (χ4n) is 3.31. The molecule has 0 bridgehead atoms. The van der Waals surface area contributed by atoms with Crippen molar-refractivity contribution in [1.82, 2.24) is 15.0 Å². The molecule has 4 aromatic rings. The van der Waals surface area contributed by atoms with Crippen molar-refractivity contribution >= 4 is 38.4 Å². The summed E-state index contributed by atoms with van der Waals surface area (Å²) in [4.78, 5) is 13.0. The topological polar surface area (TPSA) is 145 Å². The number of methoxy groups -OCH3 is 2. The first kappa shape index (κ1) is 24.9. The molecule has 11 nitrogen and oxygen atoms in total. The summed E-state index contributed by atoms with van der Waals surface area (Å²) in [6, 6.07) is 13.3. The highest BCUT2D eigenvalue weighted by Crippen LogP contribution is 2.42. The number of fused-ring (bicyclic) bond motifs is 1. The molecule has 188 valence electrons. The van der Waals surface area contributed by atoms with E-state index in [9.17, 15) is 8.42 Å². The molecule has 0 unspecified atom stereocenters. The molecule has 2 aromatic carbocycles. The number of aliphatic hydroxyl groups excluding tert-OH is 1. The summed E-state index contributed by atoms with van der Waals surface area (Å²) in [7, 11) is -1.02. The number of hydrogen-bond donors (Lipinski definition) is 3. The number of hydrogen-bond acceptors (Lipinski definition) is 10. The Bertz CT molecular complexity index is 1450. The third-order valence-electron chi connectivity index (χ3n) is 5.03. The van der Waals surface area contributed by atoms with E-state index in [0.717, 1.165) is 0 Å². The summed E-state index contributed by atoms with van der Waals surface area (Å²) in [6.45, 7) is 0.176. The lowest BCUT2D eigenvalue weighted by Crippen LogP contribution is -2.16. The summed E-state index contributed by atoms with van der Waals surface area (Å²) >= 11 is 0. The average molecular weight is 512 g/mol. The van der Waals surface area contributed by atoms with Crippen molar-refractivity contribution < 1.29 is 27.7 Å². The number of anilines is 3. The minimum Gasteiger partial charge on any atom is -0.497 e. The van der Waals surface area contributed by atoms with Crippen LogP contribution in [0, 0.1) is 0 Å². The monoisotopic (exact) mass is 511 g/mol. The second-order valence-corrected chi connectivity index (χ2v) is 9.14. The van der Waals surface area contributed by atoms with Gasteiger partial charge in [-0.2, -0.15) is 0 Å². The Hall–Kier alpha value is -4.16. The number of aliphatic hydroxyl groups is 1. The molecule has 4 rings (SSSR count). The lowest BCUT2D eigenvalue weighted by molar-refractivity contribution is 0.228. The second-order valence-electron chi connectivity index (χ2n) is 7.46. The molecule has 0 aliphatic carbocycles. The largest absolute Gasteiger partial charge is 0.497 e. The smallest absolute Gasteiger partial charge is 0.264 e. The van der Waals surface area contributed by atoms with E-state index >= 15 is 0 Å². The molecule has 0 fully saturated rings. The Morgan fingerprint density at radius 3 is 2.36 bits per heavy atom. The summed E-state index contributed by atoms with van der Waals surface area (Å²) in [6.07, 6.45) is 3.13. The van der Waals surface area contributed by atoms with Gasteiger partial charge in [0.2, 0.25) is 0 Å². The molecule has 0 aliphatic rings. The van der Waals surface area contributed by atoms with Gasteiger partial charge in [-0.05, 0) is 24.3 Å². The number of pyridine rings is 1. The van der Waals surface area contributed by atoms with Crippen LogP contribution in [0.25, 0.3) is 11.0 Å². The Kier molecular flexibility index (Phi) is 7.66. The summed E-state index contributed by atoms with van der Waals surface area (Å²) < 4.78 is 45.3. The molecule has 0 saturated carbocycles. The van der Waals surface area contributed by atoms with Crippen LogP contribution in [-0.2, 0) is 10.0 Å². The summed E-state index contributed by atoms with van der Waals surface area (Å²) in [5.74, 6) is 1.28. The zero-order valence-electron chi connectivity index (χ0n) is 19.6. The van der Waals surface area contributed by atoms with Gasteiger partial charge < -0.3 is 24.6 Å². The maximum Gasteiger partial charge on any atom is 0.264 e. The zero-order valence-corrected chi connectivity index (χ0v) is 20.4. The van der Waals surface area contributed by atoms with Gasteiger partial charge in [0.1, 0.15) is 10.6 Å². The number of nitrogens with one attached hydrogen (secondary N) is 2. The molecule has 2 aromatic heterocycles. The zero-order chi connectivity index (χ0) is 25.5. The van der Waals surface area contributed by atoms with Gasteiger partial charge >= 0.3 is 0 Å². The van der Waals surface area contributed by atoms with E-state index < -0.39 is 10.0 Å². The molecule has 0 amide bonds. The van der Waals surface area contributed by atoms with Crippen LogP contribution in [0.3, 0.4) is 0 Å². The third kappa shape index (κ3) is 5.56. The standard InChI is InChI=1S/C24H25N5O6S/c1-33-16-13-20(22(21(14-16)34-2)35-12-6-11-30)28-23-24(27-19-9-4-3-8-18(19)26-23)29-36(31,32)17-7-5-10-25-15-17/h3-5,7-10,13-15,30H,6,11-12H2,1-2H3,(H,26,28)(H,27,29). The average Bonchev–Trinajstić information content (AvgIpc) is 2.90. The van der Waals surface area contributed by atoms with Gasteiger partial charge in [0.25, 0.3) is 10.0 Å². The predicted octanol–water partition coefficient (Wildman–Crippen LogP) is 3.35. The Morgan fingerprint density at radius 2 is 1.72 bits per heavy atom. The molecule has 3 N–H and O–H groups in total. The number of sulfonamides is 1. The van der Waals surface area contributed by atoms with Crippen molar-refractivity contribution in [2.45, 2.75) is 11.3 Å². The van der Waals surface area contributed by atoms with E-state index in [2.05, 4.69) is 25.0 Å². The number of rotatable bonds is 11. The lowest BCUT2D eigenvalue weighted by atomic mass is 10.2. The van der Waals surface area contributed by atoms with E-state index in [1.165, 1.54) is 38.7 Å². The molecular formula is C24H25N5O6S. The van der Waals surface area contributed by atoms with Gasteiger partial charge in [0, 0.05) is 37.6 Å². The van der Waals surface area contributed by atoms with E-state index in [1.807, 2.05) is 0 Å². The highest BCUT2D eigenvalue weighted by atomic mass is 32.2. The minimum atomic E-state index is -4.01. The number of para-hydroxylation sites is 2. The number of nitrogens with zero attached hydrogens (tertiary/aromatic N) is 3. The predicted molar refractivity (Wildman–Crippen MR) is 135 cm³/mol. The van der Waals surface area contributed by atoms with E-state index in [4.69, 9.17) is 19.3 Å². The molecule has 0 saturated heterocycles. The van der Waals surface area contributed by atoms with Gasteiger partial charge in [-0.1, -0.05) is 12.1 Å². The SMILES string of the molecule is COc1cc(Nc2nc3ccccc3nc2NS(=O)(=O)c2cccnc2)c(OCCCO)c(OC)c1. The van der Waals surface area contributed by atoms with E-state index in [-0.39, 0.29) is 29.7 Å². The molecule has 36 heavy (non-hydrogen) atoms. The highest BCUT2D eigenvalue weighted by molar-refractivity contribution is 7.92. The van der Waals surface area contributed by atoms with Gasteiger partial charge in [-0.3, -0.25) is 9.71 Å². The number of aromatic nitrogens is 3. The van der Waals surface area contributed by atoms with Gasteiger partial charge in [0.15, 0.2) is 23.1 Å². The van der Waals surface area contributed by atoms with E-state index in [1.54, 1.807) is 36.4 Å². The van der Waals surface area contributed by atoms with Gasteiger partial charge in [-0.15, -0.1) is 0 Å². The van der Waals surface area contributed by atoms with Crippen molar-refractivity contribution in [1.29, 1.82) is 0 Å². The van der Waals surface area contributed by atoms with Crippen LogP contribution in [0.1, 0.15) is 6.42 Å². The van der Waals surface area contributed by atoms with Crippen LogP contribution < -0.4 is 24.2 Å².